The van der Waals surface area contributed by atoms with Crippen molar-refractivity contribution >= 4 is 0 Å². The Morgan fingerprint density at radius 2 is 1.87 bits per heavy atom. The summed E-state index contributed by atoms with van der Waals surface area (Å²) in [6.07, 6.45) is 3.09. The predicted molar refractivity (Wildman–Crippen MR) is 65.9 cm³/mol. The smallest absolute Gasteiger partial charge is 0.0437 e. The van der Waals surface area contributed by atoms with Gasteiger partial charge in [-0.2, -0.15) is 0 Å². The van der Waals surface area contributed by atoms with E-state index in [-0.39, 0.29) is 0 Å². The van der Waals surface area contributed by atoms with E-state index in [1.54, 1.807) is 0 Å². The second kappa shape index (κ2) is 4.78. The zero-order valence-corrected chi connectivity index (χ0v) is 10.6. The summed E-state index contributed by atoms with van der Waals surface area (Å²) in [5, 5.41) is 0. The molecule has 0 aliphatic heterocycles. The molecule has 0 saturated carbocycles. The Bertz CT molecular complexity index is 282. The molecule has 1 aromatic heterocycles. The summed E-state index contributed by atoms with van der Waals surface area (Å²) in [6.45, 7) is 11.5. The van der Waals surface area contributed by atoms with Crippen LogP contribution in [0, 0.1) is 11.3 Å². The minimum absolute atomic E-state index is 0.368. The van der Waals surface area contributed by atoms with Gasteiger partial charge in [0, 0.05) is 17.8 Å². The van der Waals surface area contributed by atoms with Crippen molar-refractivity contribution < 1.29 is 0 Å². The summed E-state index contributed by atoms with van der Waals surface area (Å²) in [6, 6.07) is 6.22. The predicted octanol–water partition coefficient (Wildman–Crippen LogP) is 4.26. The molecule has 0 aliphatic carbocycles. The van der Waals surface area contributed by atoms with Crippen molar-refractivity contribution in [3.8, 4) is 0 Å². The molecule has 0 saturated heterocycles. The van der Waals surface area contributed by atoms with Crippen molar-refractivity contribution in [3.05, 3.63) is 30.1 Å². The lowest BCUT2D eigenvalue weighted by molar-refractivity contribution is 0.297. The number of aromatic nitrogens is 1. The van der Waals surface area contributed by atoms with Crippen LogP contribution in [-0.2, 0) is 0 Å². The van der Waals surface area contributed by atoms with Gasteiger partial charge in [-0.25, -0.2) is 0 Å². The highest BCUT2D eigenvalue weighted by molar-refractivity contribution is 5.10. The maximum atomic E-state index is 4.48. The average Bonchev–Trinajstić information content (AvgIpc) is 2.14. The van der Waals surface area contributed by atoms with E-state index in [1.165, 1.54) is 12.1 Å². The third-order valence-electron chi connectivity index (χ3n) is 2.70. The molecule has 1 aromatic rings. The van der Waals surface area contributed by atoms with Gasteiger partial charge in [0.05, 0.1) is 0 Å². The van der Waals surface area contributed by atoms with Crippen LogP contribution in [0.1, 0.15) is 52.7 Å². The van der Waals surface area contributed by atoms with Crippen LogP contribution in [0.25, 0.3) is 0 Å². The minimum Gasteiger partial charge on any atom is -0.261 e. The molecule has 1 nitrogen and oxygen atoms in total. The van der Waals surface area contributed by atoms with E-state index in [1.807, 2.05) is 12.3 Å². The first kappa shape index (κ1) is 12.2. The molecule has 0 radical (unpaired) electrons. The van der Waals surface area contributed by atoms with Gasteiger partial charge >= 0.3 is 0 Å². The Kier molecular flexibility index (Phi) is 3.90. The Morgan fingerprint density at radius 3 is 2.27 bits per heavy atom. The van der Waals surface area contributed by atoms with E-state index in [9.17, 15) is 0 Å². The van der Waals surface area contributed by atoms with Gasteiger partial charge in [0.25, 0.3) is 0 Å². The van der Waals surface area contributed by atoms with Crippen molar-refractivity contribution in [1.29, 1.82) is 0 Å². The molecule has 0 aliphatic rings. The Morgan fingerprint density at radius 1 is 1.20 bits per heavy atom. The summed E-state index contributed by atoms with van der Waals surface area (Å²) >= 11 is 0. The highest BCUT2D eigenvalue weighted by atomic mass is 14.7. The van der Waals surface area contributed by atoms with Crippen LogP contribution >= 0.6 is 0 Å². The maximum absolute atomic E-state index is 4.48. The van der Waals surface area contributed by atoms with Gasteiger partial charge in [-0.05, 0) is 29.9 Å². The largest absolute Gasteiger partial charge is 0.261 e. The molecule has 1 rings (SSSR count). The lowest BCUT2D eigenvalue weighted by atomic mass is 9.78. The second-order valence-corrected chi connectivity index (χ2v) is 5.87. The van der Waals surface area contributed by atoms with Crippen molar-refractivity contribution in [2.45, 2.75) is 47.0 Å². The van der Waals surface area contributed by atoms with E-state index in [0.717, 1.165) is 0 Å². The van der Waals surface area contributed by atoms with Gasteiger partial charge in [-0.3, -0.25) is 4.98 Å². The van der Waals surface area contributed by atoms with Gasteiger partial charge < -0.3 is 0 Å². The van der Waals surface area contributed by atoms with Crippen LogP contribution in [-0.4, -0.2) is 4.98 Å². The van der Waals surface area contributed by atoms with Crippen LogP contribution in [0.15, 0.2) is 24.4 Å². The normalized spacial score (nSPS) is 14.3. The van der Waals surface area contributed by atoms with Gasteiger partial charge in [0.2, 0.25) is 0 Å². The summed E-state index contributed by atoms with van der Waals surface area (Å²) < 4.78 is 0. The van der Waals surface area contributed by atoms with Crippen LogP contribution in [0.5, 0.6) is 0 Å². The zero-order chi connectivity index (χ0) is 11.5. The van der Waals surface area contributed by atoms with E-state index in [0.29, 0.717) is 17.3 Å². The number of rotatable bonds is 3. The summed E-state index contributed by atoms with van der Waals surface area (Å²) in [5.74, 6) is 1.23. The molecule has 1 unspecified atom stereocenters. The topological polar surface area (TPSA) is 12.9 Å². The van der Waals surface area contributed by atoms with Gasteiger partial charge in [-0.1, -0.05) is 40.7 Å². The van der Waals surface area contributed by atoms with Crippen LogP contribution in [0.4, 0.5) is 0 Å². The first-order valence-electron chi connectivity index (χ1n) is 5.81. The first-order chi connectivity index (χ1) is 6.90. The van der Waals surface area contributed by atoms with Gasteiger partial charge in [0.1, 0.15) is 0 Å². The fourth-order valence-electron chi connectivity index (χ4n) is 1.94. The van der Waals surface area contributed by atoms with Gasteiger partial charge in [0.15, 0.2) is 0 Å². The SMILES string of the molecule is CC(C)C(CC(C)(C)C)c1ccccn1. The molecule has 0 N–H and O–H groups in total. The second-order valence-electron chi connectivity index (χ2n) is 5.87. The standard InChI is InChI=1S/C14H23N/c1-11(2)12(10-14(3,4)5)13-8-6-7-9-15-13/h6-9,11-12H,10H2,1-5H3. The number of pyridine rings is 1. The number of hydrogen-bond donors (Lipinski definition) is 0. The molecular weight excluding hydrogens is 182 g/mol. The fraction of sp³-hybridized carbons (Fsp3) is 0.643. The minimum atomic E-state index is 0.368. The molecule has 0 amide bonds. The molecule has 0 aromatic carbocycles. The molecule has 1 heterocycles. The first-order valence-corrected chi connectivity index (χ1v) is 5.81. The molecule has 0 spiro atoms. The Balaban J connectivity index is 2.85. The van der Waals surface area contributed by atoms with Crippen molar-refractivity contribution in [3.63, 3.8) is 0 Å². The molecule has 0 bridgehead atoms. The van der Waals surface area contributed by atoms with E-state index in [2.05, 4.69) is 51.7 Å². The lowest BCUT2D eigenvalue weighted by Gasteiger charge is -2.28. The monoisotopic (exact) mass is 205 g/mol. The summed E-state index contributed by atoms with van der Waals surface area (Å²) in [5.41, 5.74) is 1.61. The van der Waals surface area contributed by atoms with E-state index < -0.39 is 0 Å². The highest BCUT2D eigenvalue weighted by Gasteiger charge is 2.23. The zero-order valence-electron chi connectivity index (χ0n) is 10.6. The van der Waals surface area contributed by atoms with E-state index >= 15 is 0 Å². The summed E-state index contributed by atoms with van der Waals surface area (Å²) in [7, 11) is 0. The average molecular weight is 205 g/mol. The lowest BCUT2D eigenvalue weighted by Crippen LogP contribution is -2.17. The quantitative estimate of drug-likeness (QED) is 0.718. The third kappa shape index (κ3) is 4.03. The van der Waals surface area contributed by atoms with Gasteiger partial charge in [-0.15, -0.1) is 0 Å². The Labute approximate surface area is 93.9 Å². The molecule has 84 valence electrons. The van der Waals surface area contributed by atoms with Crippen molar-refractivity contribution in [2.24, 2.45) is 11.3 Å². The van der Waals surface area contributed by atoms with Crippen LogP contribution < -0.4 is 0 Å². The van der Waals surface area contributed by atoms with Crippen molar-refractivity contribution in [1.82, 2.24) is 4.98 Å². The van der Waals surface area contributed by atoms with Crippen molar-refractivity contribution in [2.75, 3.05) is 0 Å². The third-order valence-corrected chi connectivity index (χ3v) is 2.70. The van der Waals surface area contributed by atoms with Crippen LogP contribution in [0.2, 0.25) is 0 Å². The fourth-order valence-corrected chi connectivity index (χ4v) is 1.94. The molecule has 1 heteroatoms. The van der Waals surface area contributed by atoms with E-state index in [4.69, 9.17) is 0 Å². The molecular formula is C14H23N. The summed E-state index contributed by atoms with van der Waals surface area (Å²) in [4.78, 5) is 4.48. The molecule has 1 atom stereocenters. The number of hydrogen-bond acceptors (Lipinski definition) is 1. The Hall–Kier alpha value is -0.850. The molecule has 0 fully saturated rings. The highest BCUT2D eigenvalue weighted by Crippen LogP contribution is 2.35. The maximum Gasteiger partial charge on any atom is 0.0437 e. The van der Waals surface area contributed by atoms with Crippen LogP contribution in [0.3, 0.4) is 0 Å². The molecule has 15 heavy (non-hydrogen) atoms. The number of nitrogens with zero attached hydrogens (tertiary/aromatic N) is 1.